The Labute approximate surface area is 422 Å². The molecule has 0 radical (unpaired) electrons. The lowest BCUT2D eigenvalue weighted by Crippen LogP contribution is -2.59. The first kappa shape index (κ1) is 52.2. The molecular weight excluding hydrogens is 991 g/mol. The summed E-state index contributed by atoms with van der Waals surface area (Å²) in [6.45, 7) is 8.57. The van der Waals surface area contributed by atoms with Gasteiger partial charge in [-0.05, 0) is 104 Å². The summed E-state index contributed by atoms with van der Waals surface area (Å²) in [5, 5.41) is 4.72. The maximum atomic E-state index is 15.5. The van der Waals surface area contributed by atoms with Crippen molar-refractivity contribution in [1.29, 1.82) is 0 Å². The molecule has 5 amide bonds. The van der Waals surface area contributed by atoms with Crippen LogP contribution in [0.1, 0.15) is 97.8 Å². The maximum Gasteiger partial charge on any atom is 0.399 e. The summed E-state index contributed by atoms with van der Waals surface area (Å²) in [5.74, 6) is -3.91. The number of thiophene rings is 1. The average molecular weight is 1050 g/mol. The number of imidazole rings is 1. The summed E-state index contributed by atoms with van der Waals surface area (Å²) in [6, 6.07) is 15.2. The number of benzene rings is 3. The number of aryl methyl sites for hydroxylation is 1. The number of hydrogen-bond acceptors (Lipinski definition) is 10. The van der Waals surface area contributed by atoms with Crippen molar-refractivity contribution in [2.75, 3.05) is 39.3 Å². The minimum absolute atomic E-state index is 0.0681. The second-order valence-electron chi connectivity index (χ2n) is 20.8. The van der Waals surface area contributed by atoms with Gasteiger partial charge in [-0.2, -0.15) is 8.78 Å². The normalized spacial score (nSPS) is 22.3. The molecule has 0 bridgehead atoms. The van der Waals surface area contributed by atoms with Gasteiger partial charge >= 0.3 is 18.9 Å². The van der Waals surface area contributed by atoms with Crippen molar-refractivity contribution < 1.29 is 56.2 Å². The number of ether oxygens (including phenoxy) is 1. The molecule has 9 rings (SSSR count). The molecule has 1 unspecified atom stereocenters. The van der Waals surface area contributed by atoms with Gasteiger partial charge in [-0.1, -0.05) is 57.2 Å². The van der Waals surface area contributed by atoms with Crippen molar-refractivity contribution in [1.82, 2.24) is 34.5 Å². The zero-order chi connectivity index (χ0) is 52.3. The summed E-state index contributed by atoms with van der Waals surface area (Å²) in [4.78, 5) is 106. The smallest absolute Gasteiger partial charge is 0.370 e. The van der Waals surface area contributed by atoms with Crippen molar-refractivity contribution in [2.45, 2.75) is 95.7 Å². The first-order valence-corrected chi connectivity index (χ1v) is 26.9. The van der Waals surface area contributed by atoms with Gasteiger partial charge < -0.3 is 29.6 Å². The predicted molar refractivity (Wildman–Crippen MR) is 265 cm³/mol. The monoisotopic (exact) mass is 1050 g/mol. The van der Waals surface area contributed by atoms with Crippen LogP contribution in [0.25, 0.3) is 21.1 Å². The van der Waals surface area contributed by atoms with Crippen molar-refractivity contribution in [2.24, 2.45) is 24.3 Å². The molecule has 22 heteroatoms. The predicted octanol–water partition coefficient (Wildman–Crippen LogP) is 6.16. The largest absolute Gasteiger partial charge is 0.399 e. The number of likely N-dealkylation sites (tertiary alicyclic amines) is 2. The highest BCUT2D eigenvalue weighted by atomic mass is 32.1. The lowest BCUT2D eigenvalue weighted by Gasteiger charge is -2.40. The fraction of sp³-hybridized carbons (Fsp3) is 0.490. The molecule has 3 aromatic carbocycles. The van der Waals surface area contributed by atoms with Crippen molar-refractivity contribution >= 4 is 69.6 Å². The summed E-state index contributed by atoms with van der Waals surface area (Å²) in [7, 11) is -4.43. The van der Waals surface area contributed by atoms with Crippen LogP contribution in [-0.4, -0.2) is 115 Å². The SMILES string of the molecule is Cn1c(=O)n(C2CCC(=O)NC2=O)c2ccc(CN3CCC(C[C@@H]4CCN(C(=O)[C@@H](NC(=O)c5cc6c(F)c(C(F)(F)P(=O)(O)O)ccc6s5)C(C)(C)C)[C@@H]4C(=O)N4CCO[C@H](c5ccccc5)C4)CC3)cc21. The number of nitrogens with zero attached hydrogens (tertiary/aromatic N) is 5. The number of rotatable bonds is 12. The molecule has 4 aliphatic heterocycles. The number of carbonyl (C=O) groups excluding carboxylic acids is 5. The average Bonchev–Trinajstić information content (AvgIpc) is 4.05. The van der Waals surface area contributed by atoms with E-state index in [0.717, 1.165) is 60.5 Å². The molecule has 0 spiro atoms. The summed E-state index contributed by atoms with van der Waals surface area (Å²) >= 11 is 0.767. The summed E-state index contributed by atoms with van der Waals surface area (Å²) in [6.07, 6.45) is 2.89. The lowest BCUT2D eigenvalue weighted by atomic mass is 9.82. The number of piperidine rings is 2. The van der Waals surface area contributed by atoms with E-state index in [4.69, 9.17) is 4.74 Å². The standard InChI is InChI=1S/C51H59F3N7O10PS/c1-50(2,3)44(56-46(64)40-26-33-39(73-40)14-11-34(42(33)52)51(53,54)72(68,69)70)48(66)60-21-18-32(43(60)47(65)59-22-23-71-38(28-59)31-8-6-5-7-9-31)24-29-16-19-58(20-17-29)27-30-10-12-35-37(25-30)57(4)49(67)61(35)36-13-15-41(62)55-45(36)63/h5-12,14,25-26,29,32,36,38,43-44H,13,15-24,27-28H2,1-4H3,(H,56,64)(H,55,62,63)(H2,68,69,70)/t32-,36?,38-,43-,44+/m0/s1. The van der Waals surface area contributed by atoms with E-state index < -0.39 is 71.3 Å². The topological polar surface area (TPSA) is 213 Å². The van der Waals surface area contributed by atoms with Gasteiger partial charge in [-0.25, -0.2) is 9.18 Å². The summed E-state index contributed by atoms with van der Waals surface area (Å²) in [5.41, 5.74) is -4.37. The number of amides is 5. The lowest BCUT2D eigenvalue weighted by molar-refractivity contribution is -0.152. The Kier molecular flexibility index (Phi) is 14.4. The molecule has 4 fully saturated rings. The Hall–Kier alpha value is -5.70. The number of nitrogens with one attached hydrogen (secondary N) is 2. The maximum absolute atomic E-state index is 15.5. The molecule has 5 aromatic rings. The molecule has 0 aliphatic carbocycles. The van der Waals surface area contributed by atoms with Crippen LogP contribution in [0.2, 0.25) is 0 Å². The van der Waals surface area contributed by atoms with Gasteiger partial charge in [0.15, 0.2) is 0 Å². The highest BCUT2D eigenvalue weighted by Crippen LogP contribution is 2.60. The van der Waals surface area contributed by atoms with Crippen LogP contribution >= 0.6 is 18.9 Å². The van der Waals surface area contributed by atoms with Gasteiger partial charge in [0.1, 0.15) is 30.0 Å². The van der Waals surface area contributed by atoms with E-state index in [1.165, 1.54) is 9.13 Å². The van der Waals surface area contributed by atoms with Crippen LogP contribution in [0.5, 0.6) is 0 Å². The second-order valence-corrected chi connectivity index (χ2v) is 23.6. The molecule has 5 atom stereocenters. The molecule has 0 saturated carbocycles. The fourth-order valence-electron chi connectivity index (χ4n) is 11.0. The third-order valence-electron chi connectivity index (χ3n) is 15.0. The third kappa shape index (κ3) is 10.3. The molecule has 4 aliphatic rings. The van der Waals surface area contributed by atoms with E-state index in [-0.39, 0.29) is 71.0 Å². The zero-order valence-corrected chi connectivity index (χ0v) is 42.6. The number of carbonyl (C=O) groups is 5. The van der Waals surface area contributed by atoms with Gasteiger partial charge in [0, 0.05) is 43.2 Å². The number of aromatic nitrogens is 2. The molecule has 4 N–H and O–H groups in total. The van der Waals surface area contributed by atoms with Gasteiger partial charge in [0.25, 0.3) is 5.91 Å². The molecule has 390 valence electrons. The number of morpholine rings is 1. The molecular formula is C51H59F3N7O10PS. The van der Waals surface area contributed by atoms with Crippen LogP contribution in [0.4, 0.5) is 13.2 Å². The Balaban J connectivity index is 0.918. The van der Waals surface area contributed by atoms with Crippen LogP contribution in [-0.2, 0) is 47.7 Å². The summed E-state index contributed by atoms with van der Waals surface area (Å²) < 4.78 is 65.6. The highest BCUT2D eigenvalue weighted by Gasteiger charge is 2.53. The van der Waals surface area contributed by atoms with E-state index in [1.54, 1.807) is 37.6 Å². The van der Waals surface area contributed by atoms with Crippen LogP contribution in [0, 0.1) is 23.1 Å². The molecule has 6 heterocycles. The van der Waals surface area contributed by atoms with Crippen molar-refractivity contribution in [3.63, 3.8) is 0 Å². The van der Waals surface area contributed by atoms with E-state index in [1.807, 2.05) is 48.5 Å². The zero-order valence-electron chi connectivity index (χ0n) is 40.9. The van der Waals surface area contributed by atoms with Gasteiger partial charge in [-0.3, -0.25) is 47.9 Å². The number of fused-ring (bicyclic) bond motifs is 2. The molecule has 4 saturated heterocycles. The number of alkyl halides is 2. The Morgan fingerprint density at radius 1 is 0.932 bits per heavy atom. The quantitative estimate of drug-likeness (QED) is 0.0821. The Morgan fingerprint density at radius 3 is 2.34 bits per heavy atom. The van der Waals surface area contributed by atoms with E-state index >= 15 is 14.0 Å². The fourth-order valence-corrected chi connectivity index (χ4v) is 12.4. The highest BCUT2D eigenvalue weighted by molar-refractivity contribution is 7.52. The van der Waals surface area contributed by atoms with Crippen LogP contribution in [0.15, 0.2) is 71.5 Å². The van der Waals surface area contributed by atoms with Gasteiger partial charge in [0.2, 0.25) is 23.6 Å². The first-order chi connectivity index (χ1) is 34.5. The van der Waals surface area contributed by atoms with Gasteiger partial charge in [-0.15, -0.1) is 11.3 Å². The van der Waals surface area contributed by atoms with Crippen LogP contribution < -0.4 is 16.3 Å². The van der Waals surface area contributed by atoms with Crippen molar-refractivity contribution in [3.8, 4) is 0 Å². The van der Waals surface area contributed by atoms with E-state index in [0.29, 0.717) is 49.6 Å². The minimum atomic E-state index is -6.10. The second kappa shape index (κ2) is 20.2. The van der Waals surface area contributed by atoms with E-state index in [2.05, 4.69) is 15.5 Å². The third-order valence-corrected chi connectivity index (χ3v) is 17.0. The molecule has 17 nitrogen and oxygen atoms in total. The number of halogens is 3. The molecule has 2 aromatic heterocycles. The Bertz CT molecular complexity index is 3090. The van der Waals surface area contributed by atoms with Crippen LogP contribution in [0.3, 0.4) is 0 Å². The molecule has 73 heavy (non-hydrogen) atoms. The van der Waals surface area contributed by atoms with E-state index in [9.17, 15) is 42.3 Å². The van der Waals surface area contributed by atoms with Gasteiger partial charge in [0.05, 0.1) is 34.6 Å². The number of imide groups is 1. The Morgan fingerprint density at radius 2 is 1.66 bits per heavy atom. The minimum Gasteiger partial charge on any atom is -0.370 e. The van der Waals surface area contributed by atoms with Crippen molar-refractivity contribution in [3.05, 3.63) is 105 Å². The first-order valence-electron chi connectivity index (χ1n) is 24.5. The number of hydrogen-bond donors (Lipinski definition) is 4.